The summed E-state index contributed by atoms with van der Waals surface area (Å²) in [5.41, 5.74) is 13.3. The zero-order valence-electron chi connectivity index (χ0n) is 38.8. The summed E-state index contributed by atoms with van der Waals surface area (Å²) in [5, 5.41) is 16.2. The fraction of sp³-hybridized carbons (Fsp3) is 0.383. The van der Waals surface area contributed by atoms with Crippen LogP contribution in [0.25, 0.3) is 22.5 Å². The number of benzene rings is 2. The molecule has 2 fully saturated rings. The molecule has 2 aliphatic heterocycles. The number of nitrogens with two attached hydrogens (primary N) is 1. The zero-order chi connectivity index (χ0) is 47.0. The van der Waals surface area contributed by atoms with Crippen LogP contribution in [-0.4, -0.2) is 140 Å². The molecule has 0 bridgehead atoms. The van der Waals surface area contributed by atoms with Gasteiger partial charge in [-0.2, -0.15) is 0 Å². The van der Waals surface area contributed by atoms with Crippen molar-refractivity contribution in [1.29, 1.82) is 0 Å². The molecule has 20 nitrogen and oxygen atoms in total. The number of morpholine rings is 2. The van der Waals surface area contributed by atoms with Crippen molar-refractivity contribution in [3.8, 4) is 22.5 Å². The molecule has 2 saturated heterocycles. The van der Waals surface area contributed by atoms with Gasteiger partial charge in [0.2, 0.25) is 0 Å². The molecule has 0 atom stereocenters. The first kappa shape index (κ1) is 47.8. The minimum atomic E-state index is -0.584. The Kier molecular flexibility index (Phi) is 16.7. The van der Waals surface area contributed by atoms with E-state index < -0.39 is 11.7 Å². The van der Waals surface area contributed by atoms with Gasteiger partial charge in [0, 0.05) is 99.6 Å². The van der Waals surface area contributed by atoms with Crippen LogP contribution in [0.5, 0.6) is 0 Å². The number of amides is 1. The van der Waals surface area contributed by atoms with Crippen LogP contribution < -0.4 is 32.3 Å². The number of hydrogen-bond donors (Lipinski definition) is 6. The lowest BCUT2D eigenvalue weighted by atomic mass is 10.1. The maximum atomic E-state index is 12.2. The topological polar surface area (TPSA) is 241 Å². The highest BCUT2D eigenvalue weighted by Crippen LogP contribution is 2.31. The maximum absolute atomic E-state index is 12.2. The smallest absolute Gasteiger partial charge is 0.412 e. The highest BCUT2D eigenvalue weighted by atomic mass is 16.6. The molecule has 352 valence electrons. The molecule has 0 aliphatic carbocycles. The summed E-state index contributed by atoms with van der Waals surface area (Å²) in [5.74, 6) is 2.75. The average molecular weight is 913 g/mol. The van der Waals surface area contributed by atoms with Gasteiger partial charge in [-0.25, -0.2) is 44.7 Å². The number of carbonyl (C=O) groups is 1. The number of nitrogens with one attached hydrogen (secondary N) is 5. The largest absolute Gasteiger partial charge is 0.444 e. The molecule has 20 heteroatoms. The summed E-state index contributed by atoms with van der Waals surface area (Å²) < 4.78 is 16.2. The standard InChI is InChI=1S/C26H34N8O3.C21H26N8O/c1-18-5-6-19(32-25(35)37-26(2,3)4)13-21(18)33-24-20(15-27-16-31-24)22-14-23(30-17-29-22)28-7-8-34-9-11-36-12-10-34;1-15-2-3-16(22)10-18(15)28-21-17(12-23-13-27-21)19-11-20(26-14-25-19)24-4-5-29-6-8-30-9-7-29/h5-6,13-17H,7-12H2,1-4H3,(H,32,35)(H,27,31,33)(H,28,29,30);2-3,10-14H,4-9,22H2,1H3,(H,23,27,28)(H,24,25,26). The minimum absolute atomic E-state index is 0.514. The van der Waals surface area contributed by atoms with Crippen LogP contribution in [0.1, 0.15) is 31.9 Å². The lowest BCUT2D eigenvalue weighted by Crippen LogP contribution is -2.39. The van der Waals surface area contributed by atoms with Gasteiger partial charge in [-0.05, 0) is 70.0 Å². The fourth-order valence-electron chi connectivity index (χ4n) is 7.05. The number of carbonyl (C=O) groups excluding carboxylic acids is 1. The van der Waals surface area contributed by atoms with Gasteiger partial charge in [-0.15, -0.1) is 0 Å². The SMILES string of the molecule is Cc1ccc(N)cc1Nc1ncncc1-c1cc(NCCN2CCOCC2)ncn1.Cc1ccc(NC(=O)OC(C)(C)C)cc1Nc1ncncc1-c1cc(NCCN2CCOCC2)ncn1. The van der Waals surface area contributed by atoms with E-state index in [0.29, 0.717) is 28.7 Å². The normalized spacial score (nSPS) is 14.3. The number of rotatable bonds is 15. The van der Waals surface area contributed by atoms with Crippen LogP contribution in [0.4, 0.5) is 50.8 Å². The molecule has 6 heterocycles. The minimum Gasteiger partial charge on any atom is -0.444 e. The zero-order valence-corrected chi connectivity index (χ0v) is 38.8. The Labute approximate surface area is 391 Å². The van der Waals surface area contributed by atoms with Gasteiger partial charge in [-0.3, -0.25) is 15.1 Å². The first-order chi connectivity index (χ1) is 32.5. The molecule has 2 aliphatic rings. The van der Waals surface area contributed by atoms with Gasteiger partial charge in [0.25, 0.3) is 0 Å². The maximum Gasteiger partial charge on any atom is 0.412 e. The van der Waals surface area contributed by atoms with Crippen LogP contribution >= 0.6 is 0 Å². The molecule has 4 aromatic heterocycles. The van der Waals surface area contributed by atoms with E-state index in [1.54, 1.807) is 18.7 Å². The van der Waals surface area contributed by atoms with E-state index >= 15 is 0 Å². The molecule has 6 aromatic rings. The summed E-state index contributed by atoms with van der Waals surface area (Å²) >= 11 is 0. The van der Waals surface area contributed by atoms with E-state index in [1.807, 2.05) is 83.1 Å². The second-order valence-electron chi connectivity index (χ2n) is 16.9. The Balaban J connectivity index is 0.000000203. The van der Waals surface area contributed by atoms with E-state index in [2.05, 4.69) is 76.3 Å². The van der Waals surface area contributed by atoms with Gasteiger partial charge in [0.1, 0.15) is 54.2 Å². The molecule has 1 amide bonds. The van der Waals surface area contributed by atoms with E-state index in [9.17, 15) is 4.79 Å². The first-order valence-electron chi connectivity index (χ1n) is 22.3. The lowest BCUT2D eigenvalue weighted by Gasteiger charge is -2.26. The van der Waals surface area contributed by atoms with E-state index in [-0.39, 0.29) is 0 Å². The van der Waals surface area contributed by atoms with Crippen molar-refractivity contribution < 1.29 is 19.0 Å². The lowest BCUT2D eigenvalue weighted by molar-refractivity contribution is 0.0398. The monoisotopic (exact) mass is 912 g/mol. The van der Waals surface area contributed by atoms with Gasteiger partial charge in [0.05, 0.1) is 48.9 Å². The molecular formula is C47H60N16O4. The van der Waals surface area contributed by atoms with E-state index in [0.717, 1.165) is 130 Å². The quantitative estimate of drug-likeness (QED) is 0.0612. The van der Waals surface area contributed by atoms with Crippen molar-refractivity contribution >= 4 is 52.1 Å². The van der Waals surface area contributed by atoms with Crippen molar-refractivity contribution in [2.75, 3.05) is 111 Å². The second-order valence-corrected chi connectivity index (χ2v) is 16.9. The third-order valence-corrected chi connectivity index (χ3v) is 10.6. The highest BCUT2D eigenvalue weighted by Gasteiger charge is 2.18. The van der Waals surface area contributed by atoms with E-state index in [1.165, 1.54) is 19.0 Å². The Morgan fingerprint density at radius 3 is 1.66 bits per heavy atom. The molecule has 2 aromatic carbocycles. The van der Waals surface area contributed by atoms with Crippen LogP contribution in [-0.2, 0) is 14.2 Å². The van der Waals surface area contributed by atoms with E-state index in [4.69, 9.17) is 19.9 Å². The molecule has 0 radical (unpaired) electrons. The van der Waals surface area contributed by atoms with Crippen molar-refractivity contribution in [2.45, 2.75) is 40.2 Å². The Bertz CT molecular complexity index is 2550. The molecule has 0 spiro atoms. The van der Waals surface area contributed by atoms with Crippen molar-refractivity contribution in [2.24, 2.45) is 0 Å². The number of aryl methyl sites for hydroxylation is 2. The molecule has 8 rings (SSSR count). The summed E-state index contributed by atoms with van der Waals surface area (Å²) in [6.07, 6.45) is 9.02. The average Bonchev–Trinajstić information content (AvgIpc) is 3.32. The van der Waals surface area contributed by atoms with Gasteiger partial charge in [-0.1, -0.05) is 12.1 Å². The molecule has 0 saturated carbocycles. The molecule has 67 heavy (non-hydrogen) atoms. The number of nitrogen functional groups attached to an aromatic ring is 1. The predicted molar refractivity (Wildman–Crippen MR) is 261 cm³/mol. The number of aromatic nitrogens is 8. The van der Waals surface area contributed by atoms with Crippen LogP contribution in [0.15, 0.2) is 86.2 Å². The van der Waals surface area contributed by atoms with Crippen molar-refractivity contribution in [1.82, 2.24) is 49.7 Å². The Morgan fingerprint density at radius 2 is 1.15 bits per heavy atom. The van der Waals surface area contributed by atoms with Crippen LogP contribution in [0, 0.1) is 13.8 Å². The summed E-state index contributed by atoms with van der Waals surface area (Å²) in [6, 6.07) is 15.1. The van der Waals surface area contributed by atoms with Crippen molar-refractivity contribution in [3.05, 3.63) is 97.4 Å². The van der Waals surface area contributed by atoms with Crippen LogP contribution in [0.2, 0.25) is 0 Å². The number of hydrogen-bond acceptors (Lipinski definition) is 19. The Hall–Kier alpha value is -7.13. The molecule has 7 N–H and O–H groups in total. The summed E-state index contributed by atoms with van der Waals surface area (Å²) in [4.78, 5) is 51.8. The highest BCUT2D eigenvalue weighted by molar-refractivity contribution is 5.87. The number of ether oxygens (including phenoxy) is 3. The first-order valence-corrected chi connectivity index (χ1v) is 22.3. The summed E-state index contributed by atoms with van der Waals surface area (Å²) in [7, 11) is 0. The van der Waals surface area contributed by atoms with Gasteiger partial charge >= 0.3 is 6.09 Å². The summed E-state index contributed by atoms with van der Waals surface area (Å²) in [6.45, 7) is 19.9. The van der Waals surface area contributed by atoms with Crippen LogP contribution in [0.3, 0.4) is 0 Å². The Morgan fingerprint density at radius 1 is 0.657 bits per heavy atom. The number of anilines is 8. The van der Waals surface area contributed by atoms with Crippen molar-refractivity contribution in [3.63, 3.8) is 0 Å². The third-order valence-electron chi connectivity index (χ3n) is 10.6. The third kappa shape index (κ3) is 14.7. The van der Waals surface area contributed by atoms with Gasteiger partial charge < -0.3 is 41.2 Å². The molecular weight excluding hydrogens is 853 g/mol. The molecule has 0 unspecified atom stereocenters. The van der Waals surface area contributed by atoms with Gasteiger partial charge in [0.15, 0.2) is 0 Å². The predicted octanol–water partition coefficient (Wildman–Crippen LogP) is 6.39. The second kappa shape index (κ2) is 23.4. The fourth-order valence-corrected chi connectivity index (χ4v) is 7.05. The number of nitrogens with zero attached hydrogens (tertiary/aromatic N) is 10.